The Morgan fingerprint density at radius 1 is 1.40 bits per heavy atom. The van der Waals surface area contributed by atoms with E-state index in [2.05, 4.69) is 15.3 Å². The van der Waals surface area contributed by atoms with Gasteiger partial charge in [-0.15, -0.1) is 0 Å². The molecule has 3 N–H and O–H groups in total. The van der Waals surface area contributed by atoms with Crippen LogP contribution in [0.2, 0.25) is 5.02 Å². The van der Waals surface area contributed by atoms with Gasteiger partial charge in [0, 0.05) is 11.9 Å². The number of benzene rings is 1. The van der Waals surface area contributed by atoms with E-state index in [1.165, 1.54) is 30.1 Å². The summed E-state index contributed by atoms with van der Waals surface area (Å²) in [7, 11) is 0. The van der Waals surface area contributed by atoms with Gasteiger partial charge in [0.1, 0.15) is 11.6 Å². The molecule has 0 bridgehead atoms. The van der Waals surface area contributed by atoms with Crippen LogP contribution in [0.4, 0.5) is 10.2 Å². The van der Waals surface area contributed by atoms with Crippen molar-refractivity contribution < 1.29 is 9.18 Å². The predicted molar refractivity (Wildman–Crippen MR) is 99.6 cm³/mol. The van der Waals surface area contributed by atoms with Crippen molar-refractivity contribution in [3.8, 4) is 0 Å². The van der Waals surface area contributed by atoms with E-state index in [1.807, 2.05) is 6.92 Å². The van der Waals surface area contributed by atoms with E-state index in [9.17, 15) is 9.18 Å². The van der Waals surface area contributed by atoms with Crippen LogP contribution >= 0.6 is 23.4 Å². The summed E-state index contributed by atoms with van der Waals surface area (Å²) in [5, 5.41) is 3.51. The van der Waals surface area contributed by atoms with Crippen molar-refractivity contribution in [1.29, 1.82) is 0 Å². The molecule has 130 valence electrons. The third kappa shape index (κ3) is 3.93. The SMILES string of the molecule is CC1(c2ccc(F)c(C(=O)Nc3ccc(Cl)cn3)c2)CCSC(N)=N1. The van der Waals surface area contributed by atoms with Gasteiger partial charge in [-0.2, -0.15) is 0 Å². The maximum absolute atomic E-state index is 14.2. The number of rotatable bonds is 3. The highest BCUT2D eigenvalue weighted by Gasteiger charge is 2.30. The highest BCUT2D eigenvalue weighted by atomic mass is 35.5. The summed E-state index contributed by atoms with van der Waals surface area (Å²) >= 11 is 7.25. The minimum Gasteiger partial charge on any atom is -0.379 e. The lowest BCUT2D eigenvalue weighted by molar-refractivity contribution is 0.102. The number of pyridine rings is 1. The number of hydrogen-bond donors (Lipinski definition) is 2. The van der Waals surface area contributed by atoms with Gasteiger partial charge in [-0.05, 0) is 43.2 Å². The normalized spacial score (nSPS) is 20.0. The van der Waals surface area contributed by atoms with Crippen molar-refractivity contribution in [1.82, 2.24) is 4.98 Å². The summed E-state index contributed by atoms with van der Waals surface area (Å²) in [5.41, 5.74) is 5.93. The molecule has 0 aliphatic carbocycles. The lowest BCUT2D eigenvalue weighted by atomic mass is 9.88. The van der Waals surface area contributed by atoms with E-state index < -0.39 is 17.3 Å². The molecule has 0 saturated carbocycles. The van der Waals surface area contributed by atoms with Crippen molar-refractivity contribution in [2.75, 3.05) is 11.1 Å². The monoisotopic (exact) mass is 378 g/mol. The Bertz CT molecular complexity index is 843. The number of nitrogens with two attached hydrogens (primary N) is 1. The number of halogens is 2. The van der Waals surface area contributed by atoms with Crippen molar-refractivity contribution in [3.05, 3.63) is 58.5 Å². The van der Waals surface area contributed by atoms with Crippen LogP contribution in [0.5, 0.6) is 0 Å². The Hall–Kier alpha value is -2.12. The number of hydrogen-bond acceptors (Lipinski definition) is 5. The first-order valence-corrected chi connectivity index (χ1v) is 8.95. The van der Waals surface area contributed by atoms with E-state index in [0.29, 0.717) is 16.0 Å². The quantitative estimate of drug-likeness (QED) is 0.851. The molecule has 1 unspecified atom stereocenters. The molecular formula is C17H16ClFN4OS. The van der Waals surface area contributed by atoms with Crippen LogP contribution in [-0.4, -0.2) is 21.8 Å². The fraction of sp³-hybridized carbons (Fsp3) is 0.235. The average molecular weight is 379 g/mol. The van der Waals surface area contributed by atoms with Crippen molar-refractivity contribution in [3.63, 3.8) is 0 Å². The van der Waals surface area contributed by atoms with Gasteiger partial charge in [0.2, 0.25) is 0 Å². The summed E-state index contributed by atoms with van der Waals surface area (Å²) in [4.78, 5) is 20.9. The van der Waals surface area contributed by atoms with Crippen LogP contribution in [-0.2, 0) is 5.54 Å². The maximum atomic E-state index is 14.2. The number of amides is 1. The maximum Gasteiger partial charge on any atom is 0.259 e. The first kappa shape index (κ1) is 17.7. The Balaban J connectivity index is 1.90. The van der Waals surface area contributed by atoms with Crippen LogP contribution in [0, 0.1) is 5.82 Å². The molecule has 2 heterocycles. The molecule has 1 aliphatic heterocycles. The fourth-order valence-electron chi connectivity index (χ4n) is 2.56. The number of aromatic nitrogens is 1. The summed E-state index contributed by atoms with van der Waals surface area (Å²) in [6.45, 7) is 1.93. The standard InChI is InChI=1S/C17H16ClFN4OS/c1-17(6-7-25-16(20)23-17)10-2-4-13(19)12(8-10)15(24)22-14-5-3-11(18)9-21-14/h2-5,8-9H,6-7H2,1H3,(H2,20,23)(H,21,22,24). The summed E-state index contributed by atoms with van der Waals surface area (Å²) < 4.78 is 14.2. The second kappa shape index (κ2) is 7.01. The molecule has 1 aliphatic rings. The fourth-order valence-corrected chi connectivity index (χ4v) is 3.65. The highest BCUT2D eigenvalue weighted by Crippen LogP contribution is 2.35. The third-order valence-corrected chi connectivity index (χ3v) is 5.02. The molecule has 1 atom stereocenters. The number of carbonyl (C=O) groups is 1. The van der Waals surface area contributed by atoms with E-state index in [4.69, 9.17) is 17.3 Å². The Labute approximate surface area is 153 Å². The molecule has 1 aromatic carbocycles. The molecule has 0 radical (unpaired) electrons. The van der Waals surface area contributed by atoms with Crippen LogP contribution in [0.3, 0.4) is 0 Å². The van der Waals surface area contributed by atoms with Gasteiger partial charge in [0.25, 0.3) is 5.91 Å². The van der Waals surface area contributed by atoms with Gasteiger partial charge in [0.05, 0.1) is 16.1 Å². The molecule has 0 saturated heterocycles. The van der Waals surface area contributed by atoms with Crippen LogP contribution in [0.1, 0.15) is 29.3 Å². The zero-order chi connectivity index (χ0) is 18.0. The Morgan fingerprint density at radius 2 is 2.20 bits per heavy atom. The van der Waals surface area contributed by atoms with Gasteiger partial charge in [0.15, 0.2) is 5.17 Å². The van der Waals surface area contributed by atoms with Gasteiger partial charge < -0.3 is 11.1 Å². The minimum absolute atomic E-state index is 0.0672. The molecular weight excluding hydrogens is 363 g/mol. The van der Waals surface area contributed by atoms with Gasteiger partial charge in [-0.1, -0.05) is 29.4 Å². The molecule has 25 heavy (non-hydrogen) atoms. The van der Waals surface area contributed by atoms with Crippen LogP contribution in [0.25, 0.3) is 0 Å². The molecule has 1 amide bonds. The van der Waals surface area contributed by atoms with Crippen LogP contribution in [0.15, 0.2) is 41.5 Å². The summed E-state index contributed by atoms with van der Waals surface area (Å²) in [6.07, 6.45) is 2.16. The first-order valence-electron chi connectivity index (χ1n) is 7.58. The van der Waals surface area contributed by atoms with Crippen molar-refractivity contribution in [2.24, 2.45) is 10.7 Å². The van der Waals surface area contributed by atoms with Gasteiger partial charge in [-0.25, -0.2) is 9.37 Å². The van der Waals surface area contributed by atoms with Crippen LogP contribution < -0.4 is 11.1 Å². The van der Waals surface area contributed by atoms with Crippen molar-refractivity contribution >= 4 is 40.3 Å². The number of thioether (sulfide) groups is 1. The number of nitrogens with zero attached hydrogens (tertiary/aromatic N) is 2. The smallest absolute Gasteiger partial charge is 0.259 e. The van der Waals surface area contributed by atoms with Gasteiger partial charge >= 0.3 is 0 Å². The van der Waals surface area contributed by atoms with E-state index >= 15 is 0 Å². The summed E-state index contributed by atoms with van der Waals surface area (Å²) in [6, 6.07) is 7.58. The van der Waals surface area contributed by atoms with E-state index in [1.54, 1.807) is 18.2 Å². The Kier molecular flexibility index (Phi) is 4.96. The highest BCUT2D eigenvalue weighted by molar-refractivity contribution is 8.13. The lowest BCUT2D eigenvalue weighted by Crippen LogP contribution is -2.29. The third-order valence-electron chi connectivity index (χ3n) is 4.00. The number of carbonyl (C=O) groups excluding carboxylic acids is 1. The number of anilines is 1. The zero-order valence-electron chi connectivity index (χ0n) is 13.4. The predicted octanol–water partition coefficient (Wildman–Crippen LogP) is 3.79. The van der Waals surface area contributed by atoms with Gasteiger partial charge in [-0.3, -0.25) is 9.79 Å². The first-order chi connectivity index (χ1) is 11.9. The molecule has 0 fully saturated rings. The zero-order valence-corrected chi connectivity index (χ0v) is 15.0. The second-order valence-electron chi connectivity index (χ2n) is 5.83. The topological polar surface area (TPSA) is 80.4 Å². The second-order valence-corrected chi connectivity index (χ2v) is 7.38. The van der Waals surface area contributed by atoms with E-state index in [-0.39, 0.29) is 5.56 Å². The Morgan fingerprint density at radius 3 is 2.88 bits per heavy atom. The molecule has 8 heteroatoms. The number of nitrogens with one attached hydrogen (secondary N) is 1. The molecule has 3 rings (SSSR count). The molecule has 0 spiro atoms. The largest absolute Gasteiger partial charge is 0.379 e. The summed E-state index contributed by atoms with van der Waals surface area (Å²) in [5.74, 6) is -0.0815. The van der Waals surface area contributed by atoms with Crippen molar-refractivity contribution in [2.45, 2.75) is 18.9 Å². The van der Waals surface area contributed by atoms with E-state index in [0.717, 1.165) is 17.7 Å². The average Bonchev–Trinajstić information content (AvgIpc) is 2.57. The number of aliphatic imine (C=N–C) groups is 1. The number of amidine groups is 1. The minimum atomic E-state index is -0.610. The lowest BCUT2D eigenvalue weighted by Gasteiger charge is -2.30. The molecule has 5 nitrogen and oxygen atoms in total. The molecule has 2 aromatic rings. The molecule has 1 aromatic heterocycles.